The van der Waals surface area contributed by atoms with Crippen LogP contribution in [0.3, 0.4) is 0 Å². The van der Waals surface area contributed by atoms with Crippen LogP contribution in [-0.2, 0) is 7.05 Å². The number of amides is 1. The fourth-order valence-electron chi connectivity index (χ4n) is 3.29. The number of fused-ring (bicyclic) bond motifs is 1. The summed E-state index contributed by atoms with van der Waals surface area (Å²) in [5.41, 5.74) is 3.31. The van der Waals surface area contributed by atoms with Gasteiger partial charge in [-0.05, 0) is 36.6 Å². The average Bonchev–Trinajstić information content (AvgIpc) is 3.36. The molecule has 0 aliphatic carbocycles. The number of carbonyl (C=O) groups is 1. The molecule has 1 aromatic carbocycles. The number of carbonyl (C=O) groups excluding carboxylic acids is 1. The van der Waals surface area contributed by atoms with E-state index in [1.54, 1.807) is 48.4 Å². The van der Waals surface area contributed by atoms with Crippen LogP contribution in [0.1, 0.15) is 16.1 Å². The lowest BCUT2D eigenvalue weighted by Gasteiger charge is -2.12. The van der Waals surface area contributed by atoms with E-state index < -0.39 is 0 Å². The number of hydrogen-bond donors (Lipinski definition) is 1. The highest BCUT2D eigenvalue weighted by atomic mass is 32.1. The predicted molar refractivity (Wildman–Crippen MR) is 114 cm³/mol. The molecule has 0 spiro atoms. The topological polar surface area (TPSA) is 78.3 Å². The molecule has 0 saturated carbocycles. The summed E-state index contributed by atoms with van der Waals surface area (Å²) in [5, 5.41) is 10.1. The minimum absolute atomic E-state index is 0.237. The van der Waals surface area contributed by atoms with Crippen molar-refractivity contribution in [2.45, 2.75) is 6.92 Å². The zero-order chi connectivity index (χ0) is 20.5. The lowest BCUT2D eigenvalue weighted by molar-refractivity contribution is 0.102. The molecule has 1 amide bonds. The van der Waals surface area contributed by atoms with Gasteiger partial charge < -0.3 is 14.8 Å². The van der Waals surface area contributed by atoms with E-state index in [-0.39, 0.29) is 5.91 Å². The summed E-state index contributed by atoms with van der Waals surface area (Å²) in [6.45, 7) is 1.88. The SMILES string of the molecule is COc1ccc(NC(=O)c2cc(-c3cccs3)nc3c2c(C)nn3C)cc1OC. The smallest absolute Gasteiger partial charge is 0.256 e. The van der Waals surface area contributed by atoms with Crippen molar-refractivity contribution in [2.75, 3.05) is 19.5 Å². The highest BCUT2D eigenvalue weighted by Crippen LogP contribution is 2.32. The second-order valence-corrected chi connectivity index (χ2v) is 7.41. The molecule has 3 aromatic heterocycles. The summed E-state index contributed by atoms with van der Waals surface area (Å²) in [7, 11) is 4.96. The van der Waals surface area contributed by atoms with Gasteiger partial charge in [-0.2, -0.15) is 5.10 Å². The fourth-order valence-corrected chi connectivity index (χ4v) is 3.97. The summed E-state index contributed by atoms with van der Waals surface area (Å²) < 4.78 is 12.3. The van der Waals surface area contributed by atoms with Crippen molar-refractivity contribution in [1.82, 2.24) is 14.8 Å². The van der Waals surface area contributed by atoms with Crippen molar-refractivity contribution >= 4 is 34.0 Å². The molecule has 0 atom stereocenters. The number of methoxy groups -OCH3 is 2. The molecule has 7 nitrogen and oxygen atoms in total. The van der Waals surface area contributed by atoms with Gasteiger partial charge in [0.2, 0.25) is 0 Å². The van der Waals surface area contributed by atoms with Crippen LogP contribution in [0.4, 0.5) is 5.69 Å². The second kappa shape index (κ2) is 7.56. The number of nitrogens with one attached hydrogen (secondary N) is 1. The van der Waals surface area contributed by atoms with Crippen molar-refractivity contribution in [3.63, 3.8) is 0 Å². The van der Waals surface area contributed by atoms with Crippen LogP contribution < -0.4 is 14.8 Å². The van der Waals surface area contributed by atoms with Crippen molar-refractivity contribution in [3.8, 4) is 22.1 Å². The molecule has 4 rings (SSSR count). The largest absolute Gasteiger partial charge is 0.493 e. The summed E-state index contributed by atoms with van der Waals surface area (Å²) >= 11 is 1.58. The van der Waals surface area contributed by atoms with Gasteiger partial charge in [0, 0.05) is 18.8 Å². The van der Waals surface area contributed by atoms with Crippen molar-refractivity contribution < 1.29 is 14.3 Å². The zero-order valence-corrected chi connectivity index (χ0v) is 17.3. The molecule has 3 heterocycles. The van der Waals surface area contributed by atoms with Gasteiger partial charge in [-0.15, -0.1) is 11.3 Å². The van der Waals surface area contributed by atoms with Gasteiger partial charge in [-0.25, -0.2) is 4.98 Å². The minimum Gasteiger partial charge on any atom is -0.493 e. The van der Waals surface area contributed by atoms with Gasteiger partial charge in [0.15, 0.2) is 17.1 Å². The van der Waals surface area contributed by atoms with Crippen molar-refractivity contribution in [1.29, 1.82) is 0 Å². The highest BCUT2D eigenvalue weighted by molar-refractivity contribution is 7.13. The maximum atomic E-state index is 13.2. The number of aromatic nitrogens is 3. The van der Waals surface area contributed by atoms with E-state index in [1.807, 2.05) is 37.6 Å². The molecule has 8 heteroatoms. The van der Waals surface area contributed by atoms with Gasteiger partial charge in [-0.3, -0.25) is 9.48 Å². The average molecular weight is 408 g/mol. The number of nitrogens with zero attached hydrogens (tertiary/aromatic N) is 3. The van der Waals surface area contributed by atoms with E-state index >= 15 is 0 Å². The van der Waals surface area contributed by atoms with Crippen LogP contribution in [0.15, 0.2) is 41.8 Å². The lowest BCUT2D eigenvalue weighted by atomic mass is 10.1. The van der Waals surface area contributed by atoms with Gasteiger partial charge >= 0.3 is 0 Å². The van der Waals surface area contributed by atoms with Gasteiger partial charge in [-0.1, -0.05) is 6.07 Å². The summed E-state index contributed by atoms with van der Waals surface area (Å²) in [4.78, 5) is 18.9. The Morgan fingerprint density at radius 2 is 1.93 bits per heavy atom. The molecule has 0 radical (unpaired) electrons. The third kappa shape index (κ3) is 3.42. The normalized spacial score (nSPS) is 10.9. The molecule has 148 valence electrons. The Hall–Kier alpha value is -3.39. The van der Waals surface area contributed by atoms with Crippen LogP contribution in [0, 0.1) is 6.92 Å². The third-order valence-corrected chi connectivity index (χ3v) is 5.52. The molecular formula is C21H20N4O3S. The zero-order valence-electron chi connectivity index (χ0n) is 16.5. The molecule has 0 aliphatic rings. The first-order valence-corrected chi connectivity index (χ1v) is 9.81. The highest BCUT2D eigenvalue weighted by Gasteiger charge is 2.20. The Morgan fingerprint density at radius 1 is 1.14 bits per heavy atom. The predicted octanol–water partition coefficient (Wildman–Crippen LogP) is 4.27. The van der Waals surface area contributed by atoms with Crippen LogP contribution in [0.25, 0.3) is 21.6 Å². The summed E-state index contributed by atoms with van der Waals surface area (Å²) in [6.07, 6.45) is 0. The van der Waals surface area contributed by atoms with Gasteiger partial charge in [0.25, 0.3) is 5.91 Å². The van der Waals surface area contributed by atoms with E-state index in [0.29, 0.717) is 28.4 Å². The second-order valence-electron chi connectivity index (χ2n) is 6.46. The van der Waals surface area contributed by atoms with Crippen molar-refractivity contribution in [3.05, 3.63) is 53.0 Å². The monoisotopic (exact) mass is 408 g/mol. The van der Waals surface area contributed by atoms with E-state index in [4.69, 9.17) is 14.5 Å². The Kier molecular flexibility index (Phi) is 4.94. The van der Waals surface area contributed by atoms with Crippen molar-refractivity contribution in [2.24, 2.45) is 7.05 Å². The molecule has 0 saturated heterocycles. The summed E-state index contributed by atoms with van der Waals surface area (Å²) in [5.74, 6) is 0.903. The molecule has 0 fully saturated rings. The molecule has 0 bridgehead atoms. The Balaban J connectivity index is 1.79. The van der Waals surface area contributed by atoms with Crippen LogP contribution >= 0.6 is 11.3 Å². The third-order valence-electron chi connectivity index (χ3n) is 4.63. The van der Waals surface area contributed by atoms with Gasteiger partial charge in [0.1, 0.15) is 0 Å². The fraction of sp³-hybridized carbons (Fsp3) is 0.190. The van der Waals surface area contributed by atoms with Gasteiger partial charge in [0.05, 0.1) is 41.4 Å². The van der Waals surface area contributed by atoms with E-state index in [1.165, 1.54) is 0 Å². The van der Waals surface area contributed by atoms with Crippen LogP contribution in [-0.4, -0.2) is 34.9 Å². The Morgan fingerprint density at radius 3 is 2.62 bits per heavy atom. The number of thiophene rings is 1. The molecule has 29 heavy (non-hydrogen) atoms. The van der Waals surface area contributed by atoms with Crippen LogP contribution in [0.5, 0.6) is 11.5 Å². The number of hydrogen-bond acceptors (Lipinski definition) is 6. The first-order valence-electron chi connectivity index (χ1n) is 8.93. The van der Waals surface area contributed by atoms with E-state index in [2.05, 4.69) is 10.4 Å². The molecule has 1 N–H and O–H groups in total. The quantitative estimate of drug-likeness (QED) is 0.533. The minimum atomic E-state index is -0.237. The van der Waals surface area contributed by atoms with E-state index in [0.717, 1.165) is 21.7 Å². The standard InChI is InChI=1S/C21H20N4O3S/c1-12-19-14(21(26)22-13-7-8-16(27-3)17(10-13)28-4)11-15(18-6-5-9-29-18)23-20(19)25(2)24-12/h5-11H,1-4H3,(H,22,26). The maximum absolute atomic E-state index is 13.2. The maximum Gasteiger partial charge on any atom is 0.256 e. The number of aryl methyl sites for hydroxylation is 2. The number of rotatable bonds is 5. The molecule has 0 aliphatic heterocycles. The number of benzene rings is 1. The number of anilines is 1. The van der Waals surface area contributed by atoms with E-state index in [9.17, 15) is 4.79 Å². The number of ether oxygens (including phenoxy) is 2. The molecule has 0 unspecified atom stereocenters. The first kappa shape index (κ1) is 18.9. The first-order chi connectivity index (χ1) is 14.0. The summed E-state index contributed by atoms with van der Waals surface area (Å²) in [6, 6.07) is 11.0. The molecule has 4 aromatic rings. The molecular weight excluding hydrogens is 388 g/mol. The van der Waals surface area contributed by atoms with Crippen LogP contribution in [0.2, 0.25) is 0 Å². The lowest BCUT2D eigenvalue weighted by Crippen LogP contribution is -2.13. The Labute approximate surface area is 171 Å². The Bertz CT molecular complexity index is 1200. The number of pyridine rings is 1.